The first-order valence-electron chi connectivity index (χ1n) is 8.40. The lowest BCUT2D eigenvalue weighted by molar-refractivity contribution is 0.207. The van der Waals surface area contributed by atoms with Crippen molar-refractivity contribution >= 4 is 5.71 Å². The van der Waals surface area contributed by atoms with Crippen molar-refractivity contribution in [2.45, 2.75) is 38.5 Å². The lowest BCUT2D eigenvalue weighted by Crippen LogP contribution is -2.09. The Bertz CT molecular complexity index is 615. The number of hydrogen-bond acceptors (Lipinski definition) is 2. The van der Waals surface area contributed by atoms with Crippen LogP contribution in [0.15, 0.2) is 77.7 Å². The molecule has 0 saturated heterocycles. The number of benzene rings is 2. The van der Waals surface area contributed by atoms with Gasteiger partial charge < -0.3 is 4.84 Å². The van der Waals surface area contributed by atoms with E-state index in [1.54, 1.807) is 0 Å². The van der Waals surface area contributed by atoms with Crippen LogP contribution in [0.3, 0.4) is 0 Å². The third-order valence-electron chi connectivity index (χ3n) is 4.04. The summed E-state index contributed by atoms with van der Waals surface area (Å²) >= 11 is 0. The van der Waals surface area contributed by atoms with Gasteiger partial charge in [-0.05, 0) is 36.5 Å². The second kappa shape index (κ2) is 8.33. The lowest BCUT2D eigenvalue weighted by atomic mass is 10.0. The zero-order valence-electron chi connectivity index (χ0n) is 13.4. The van der Waals surface area contributed by atoms with E-state index < -0.39 is 0 Å². The molecule has 0 radical (unpaired) electrons. The van der Waals surface area contributed by atoms with Gasteiger partial charge in [0.25, 0.3) is 0 Å². The summed E-state index contributed by atoms with van der Waals surface area (Å²) in [6.45, 7) is 0. The molecule has 2 heteroatoms. The van der Waals surface area contributed by atoms with Gasteiger partial charge in [-0.25, -0.2) is 0 Å². The maximum Gasteiger partial charge on any atom is 0.131 e. The highest BCUT2D eigenvalue weighted by molar-refractivity contribution is 5.88. The number of hydrogen-bond donors (Lipinski definition) is 0. The zero-order chi connectivity index (χ0) is 15.7. The predicted molar refractivity (Wildman–Crippen MR) is 95.4 cm³/mol. The van der Waals surface area contributed by atoms with Crippen LogP contribution in [0.4, 0.5) is 0 Å². The summed E-state index contributed by atoms with van der Waals surface area (Å²) in [5.41, 5.74) is 3.60. The summed E-state index contributed by atoms with van der Waals surface area (Å²) < 4.78 is 0. The Balaban J connectivity index is 1.73. The third kappa shape index (κ3) is 5.10. The first-order chi connectivity index (χ1) is 11.4. The summed E-state index contributed by atoms with van der Waals surface area (Å²) in [4.78, 5) is 5.74. The van der Waals surface area contributed by atoms with E-state index >= 15 is 0 Å². The molecule has 0 bridgehead atoms. The fourth-order valence-corrected chi connectivity index (χ4v) is 2.80. The molecular weight excluding hydrogens is 282 g/mol. The maximum atomic E-state index is 5.74. The Kier molecular flexibility index (Phi) is 5.63. The SMILES string of the molecule is C1=C(ON=C(Cc2ccccc2)Cc2ccccc2)CCCC1. The van der Waals surface area contributed by atoms with Crippen molar-refractivity contribution in [1.82, 2.24) is 0 Å². The van der Waals surface area contributed by atoms with E-state index in [9.17, 15) is 0 Å². The molecule has 0 unspecified atom stereocenters. The molecule has 2 aromatic rings. The van der Waals surface area contributed by atoms with Crippen LogP contribution >= 0.6 is 0 Å². The van der Waals surface area contributed by atoms with Crippen LogP contribution in [-0.4, -0.2) is 5.71 Å². The van der Waals surface area contributed by atoms with Crippen molar-refractivity contribution in [1.29, 1.82) is 0 Å². The molecule has 1 aliphatic carbocycles. The van der Waals surface area contributed by atoms with Crippen LogP contribution in [0.5, 0.6) is 0 Å². The van der Waals surface area contributed by atoms with E-state index in [0.29, 0.717) is 0 Å². The number of allylic oxidation sites excluding steroid dienone is 2. The molecule has 118 valence electrons. The normalized spacial score (nSPS) is 14.0. The fourth-order valence-electron chi connectivity index (χ4n) is 2.80. The molecule has 0 N–H and O–H groups in total. The van der Waals surface area contributed by atoms with Gasteiger partial charge in [-0.15, -0.1) is 0 Å². The number of oxime groups is 1. The maximum absolute atomic E-state index is 5.74. The van der Waals surface area contributed by atoms with Gasteiger partial charge in [-0.1, -0.05) is 65.8 Å². The van der Waals surface area contributed by atoms with Gasteiger partial charge in [-0.3, -0.25) is 0 Å². The van der Waals surface area contributed by atoms with E-state index in [-0.39, 0.29) is 0 Å². The molecule has 0 saturated carbocycles. The molecule has 0 fully saturated rings. The number of nitrogens with zero attached hydrogens (tertiary/aromatic N) is 1. The van der Waals surface area contributed by atoms with E-state index in [2.05, 4.69) is 59.8 Å². The average Bonchev–Trinajstić information content (AvgIpc) is 2.62. The topological polar surface area (TPSA) is 21.6 Å². The van der Waals surface area contributed by atoms with Crippen LogP contribution in [0, 0.1) is 0 Å². The first-order valence-corrected chi connectivity index (χ1v) is 8.40. The largest absolute Gasteiger partial charge is 0.362 e. The molecule has 0 aliphatic heterocycles. The molecule has 23 heavy (non-hydrogen) atoms. The standard InChI is InChI=1S/C21H23NO/c1-4-10-18(11-5-1)16-20(17-19-12-6-2-7-13-19)22-23-21-14-8-3-9-15-21/h1-2,4-7,10-14H,3,8-9,15-17H2. The van der Waals surface area contributed by atoms with Crippen LogP contribution < -0.4 is 0 Å². The molecule has 3 rings (SSSR count). The Hall–Kier alpha value is -2.35. The van der Waals surface area contributed by atoms with Crippen molar-refractivity contribution < 1.29 is 4.84 Å². The molecule has 0 heterocycles. The molecule has 0 atom stereocenters. The van der Waals surface area contributed by atoms with Crippen molar-refractivity contribution in [3.63, 3.8) is 0 Å². The molecular formula is C21H23NO. The number of rotatable bonds is 6. The average molecular weight is 305 g/mol. The van der Waals surface area contributed by atoms with Crippen molar-refractivity contribution in [3.8, 4) is 0 Å². The summed E-state index contributed by atoms with van der Waals surface area (Å²) in [5.74, 6) is 1.02. The molecule has 2 nitrogen and oxygen atoms in total. The van der Waals surface area contributed by atoms with Gasteiger partial charge in [0, 0.05) is 19.3 Å². The van der Waals surface area contributed by atoms with Crippen molar-refractivity contribution in [2.75, 3.05) is 0 Å². The zero-order valence-corrected chi connectivity index (χ0v) is 13.4. The van der Waals surface area contributed by atoms with Crippen LogP contribution in [0.1, 0.15) is 36.8 Å². The smallest absolute Gasteiger partial charge is 0.131 e. The Morgan fingerprint density at radius 2 is 1.43 bits per heavy atom. The summed E-state index contributed by atoms with van der Waals surface area (Å²) in [6.07, 6.45) is 8.40. The van der Waals surface area contributed by atoms with Gasteiger partial charge in [0.1, 0.15) is 5.76 Å². The minimum absolute atomic E-state index is 0.822. The predicted octanol–water partition coefficient (Wildman–Crippen LogP) is 5.30. The van der Waals surface area contributed by atoms with Gasteiger partial charge >= 0.3 is 0 Å². The van der Waals surface area contributed by atoms with Crippen molar-refractivity contribution in [3.05, 3.63) is 83.6 Å². The third-order valence-corrected chi connectivity index (χ3v) is 4.04. The van der Waals surface area contributed by atoms with Gasteiger partial charge in [0.05, 0.1) is 5.71 Å². The van der Waals surface area contributed by atoms with Gasteiger partial charge in [0.2, 0.25) is 0 Å². The van der Waals surface area contributed by atoms with E-state index in [1.807, 2.05) is 12.1 Å². The second-order valence-electron chi connectivity index (χ2n) is 5.99. The highest BCUT2D eigenvalue weighted by atomic mass is 16.6. The first kappa shape index (κ1) is 15.5. The molecule has 1 aliphatic rings. The second-order valence-corrected chi connectivity index (χ2v) is 5.99. The minimum Gasteiger partial charge on any atom is -0.362 e. The van der Waals surface area contributed by atoms with E-state index in [0.717, 1.165) is 37.2 Å². The Labute approximate surface area is 138 Å². The molecule has 0 aromatic heterocycles. The van der Waals surface area contributed by atoms with E-state index in [1.165, 1.54) is 24.0 Å². The summed E-state index contributed by atoms with van der Waals surface area (Å²) in [6, 6.07) is 20.9. The molecule has 2 aromatic carbocycles. The highest BCUT2D eigenvalue weighted by Gasteiger charge is 2.08. The van der Waals surface area contributed by atoms with Crippen LogP contribution in [-0.2, 0) is 17.7 Å². The van der Waals surface area contributed by atoms with Gasteiger partial charge in [-0.2, -0.15) is 0 Å². The highest BCUT2D eigenvalue weighted by Crippen LogP contribution is 2.19. The van der Waals surface area contributed by atoms with Crippen molar-refractivity contribution in [2.24, 2.45) is 5.16 Å². The summed E-state index contributed by atoms with van der Waals surface area (Å²) in [5, 5.41) is 4.49. The Morgan fingerprint density at radius 3 is 1.96 bits per heavy atom. The quantitative estimate of drug-likeness (QED) is 0.524. The van der Waals surface area contributed by atoms with Gasteiger partial charge in [0.15, 0.2) is 0 Å². The fraction of sp³-hybridized carbons (Fsp3) is 0.286. The molecule has 0 amide bonds. The summed E-state index contributed by atoms with van der Waals surface area (Å²) in [7, 11) is 0. The van der Waals surface area contributed by atoms with E-state index in [4.69, 9.17) is 4.84 Å². The van der Waals surface area contributed by atoms with Crippen LogP contribution in [0.25, 0.3) is 0 Å². The van der Waals surface area contributed by atoms with Crippen LogP contribution in [0.2, 0.25) is 0 Å². The molecule has 0 spiro atoms. The Morgan fingerprint density at radius 1 is 0.826 bits per heavy atom. The minimum atomic E-state index is 0.822. The monoisotopic (exact) mass is 305 g/mol. The lowest BCUT2D eigenvalue weighted by Gasteiger charge is -2.12.